The van der Waals surface area contributed by atoms with Crippen LogP contribution in [0.25, 0.3) is 0 Å². The van der Waals surface area contributed by atoms with Crippen LogP contribution in [0.4, 0.5) is 11.5 Å². The second-order valence-electron chi connectivity index (χ2n) is 5.56. The lowest BCUT2D eigenvalue weighted by Crippen LogP contribution is -2.28. The summed E-state index contributed by atoms with van der Waals surface area (Å²) in [5.74, 6) is 0.847. The Kier molecular flexibility index (Phi) is 6.15. The number of rotatable bonds is 7. The van der Waals surface area contributed by atoms with Gasteiger partial charge >= 0.3 is 0 Å². The van der Waals surface area contributed by atoms with Gasteiger partial charge in [-0.25, -0.2) is 4.98 Å². The van der Waals surface area contributed by atoms with E-state index in [4.69, 9.17) is 0 Å². The Balaban J connectivity index is 2.23. The summed E-state index contributed by atoms with van der Waals surface area (Å²) in [5, 5.41) is 0. The Morgan fingerprint density at radius 2 is 1.87 bits per heavy atom. The minimum Gasteiger partial charge on any atom is -0.342 e. The highest BCUT2D eigenvalue weighted by atomic mass is 16.2. The number of benzene rings is 1. The number of unbranched alkanes of at least 4 members (excludes halogenated alkanes) is 1. The second kappa shape index (κ2) is 8.32. The van der Waals surface area contributed by atoms with Crippen LogP contribution in [0.2, 0.25) is 0 Å². The molecule has 0 saturated heterocycles. The van der Waals surface area contributed by atoms with Crippen LogP contribution in [-0.2, 0) is 0 Å². The molecule has 122 valence electrons. The molecule has 4 heteroatoms. The maximum absolute atomic E-state index is 12.5. The Morgan fingerprint density at radius 3 is 2.52 bits per heavy atom. The van der Waals surface area contributed by atoms with Gasteiger partial charge in [-0.1, -0.05) is 31.5 Å². The van der Waals surface area contributed by atoms with Crippen molar-refractivity contribution in [1.82, 2.24) is 9.88 Å². The van der Waals surface area contributed by atoms with E-state index in [2.05, 4.69) is 23.7 Å². The Morgan fingerprint density at radius 1 is 1.13 bits per heavy atom. The second-order valence-corrected chi connectivity index (χ2v) is 5.56. The quantitative estimate of drug-likeness (QED) is 0.772. The van der Waals surface area contributed by atoms with Crippen molar-refractivity contribution in [2.45, 2.75) is 26.7 Å². The molecule has 4 nitrogen and oxygen atoms in total. The number of hydrogen-bond donors (Lipinski definition) is 0. The molecule has 0 saturated carbocycles. The van der Waals surface area contributed by atoms with Crippen LogP contribution in [0.1, 0.15) is 37.0 Å². The molecule has 0 bridgehead atoms. The molecule has 0 aliphatic rings. The average Bonchev–Trinajstić information content (AvgIpc) is 2.61. The van der Waals surface area contributed by atoms with E-state index in [1.165, 1.54) is 0 Å². The third-order valence-electron chi connectivity index (χ3n) is 3.85. The minimum absolute atomic E-state index is 0.0474. The largest absolute Gasteiger partial charge is 0.342 e. The molecule has 1 heterocycles. The Labute approximate surface area is 138 Å². The number of pyridine rings is 1. The summed E-state index contributed by atoms with van der Waals surface area (Å²) < 4.78 is 0. The van der Waals surface area contributed by atoms with E-state index in [1.54, 1.807) is 17.2 Å². The van der Waals surface area contributed by atoms with Gasteiger partial charge in [0.2, 0.25) is 0 Å². The molecule has 0 spiro atoms. The standard InChI is InChI=1S/C19H25N3O/c1-4-6-14-21(3)19(23)16-12-13-20-18(15-16)22(5-2)17-10-8-7-9-11-17/h7-13,15H,4-6,14H2,1-3H3. The number of nitrogens with zero attached hydrogens (tertiary/aromatic N) is 3. The van der Waals surface area contributed by atoms with Crippen LogP contribution in [0.15, 0.2) is 48.7 Å². The highest BCUT2D eigenvalue weighted by molar-refractivity contribution is 5.94. The number of para-hydroxylation sites is 1. The van der Waals surface area contributed by atoms with Crippen LogP contribution in [0.3, 0.4) is 0 Å². The van der Waals surface area contributed by atoms with Crippen LogP contribution >= 0.6 is 0 Å². The monoisotopic (exact) mass is 311 g/mol. The summed E-state index contributed by atoms with van der Waals surface area (Å²) >= 11 is 0. The van der Waals surface area contributed by atoms with Crippen molar-refractivity contribution in [3.05, 3.63) is 54.2 Å². The van der Waals surface area contributed by atoms with Gasteiger partial charge in [0.05, 0.1) is 0 Å². The molecule has 0 aliphatic carbocycles. The molecule has 1 amide bonds. The number of aromatic nitrogens is 1. The molecule has 0 N–H and O–H groups in total. The Hall–Kier alpha value is -2.36. The number of amides is 1. The zero-order valence-corrected chi connectivity index (χ0v) is 14.2. The van der Waals surface area contributed by atoms with E-state index >= 15 is 0 Å². The molecular formula is C19H25N3O. The van der Waals surface area contributed by atoms with Gasteiger partial charge in [-0.15, -0.1) is 0 Å². The predicted molar refractivity (Wildman–Crippen MR) is 95.2 cm³/mol. The van der Waals surface area contributed by atoms with E-state index in [0.717, 1.165) is 37.4 Å². The topological polar surface area (TPSA) is 36.4 Å². The SMILES string of the molecule is CCCCN(C)C(=O)c1ccnc(N(CC)c2ccccc2)c1. The van der Waals surface area contributed by atoms with Gasteiger partial charge in [-0.3, -0.25) is 4.79 Å². The molecule has 0 unspecified atom stereocenters. The third-order valence-corrected chi connectivity index (χ3v) is 3.85. The fraction of sp³-hybridized carbons (Fsp3) is 0.368. The number of anilines is 2. The number of carbonyl (C=O) groups is 1. The van der Waals surface area contributed by atoms with Crippen molar-refractivity contribution < 1.29 is 4.79 Å². The van der Waals surface area contributed by atoms with Crippen LogP contribution in [0, 0.1) is 0 Å². The maximum Gasteiger partial charge on any atom is 0.253 e. The van der Waals surface area contributed by atoms with Gasteiger partial charge < -0.3 is 9.80 Å². The third kappa shape index (κ3) is 4.31. The normalized spacial score (nSPS) is 10.4. The first kappa shape index (κ1) is 17.0. The molecule has 0 atom stereocenters. The van der Waals surface area contributed by atoms with E-state index < -0.39 is 0 Å². The predicted octanol–water partition coefficient (Wildman–Crippen LogP) is 4.11. The first-order valence-electron chi connectivity index (χ1n) is 8.21. The highest BCUT2D eigenvalue weighted by Gasteiger charge is 2.14. The maximum atomic E-state index is 12.5. The summed E-state index contributed by atoms with van der Waals surface area (Å²) in [6.45, 7) is 5.78. The van der Waals surface area contributed by atoms with Gasteiger partial charge in [-0.05, 0) is 37.6 Å². The molecule has 1 aromatic heterocycles. The van der Waals surface area contributed by atoms with Crippen LogP contribution in [0.5, 0.6) is 0 Å². The highest BCUT2D eigenvalue weighted by Crippen LogP contribution is 2.23. The molecule has 2 aromatic rings. The lowest BCUT2D eigenvalue weighted by molar-refractivity contribution is 0.0793. The van der Waals surface area contributed by atoms with Crippen molar-refractivity contribution in [1.29, 1.82) is 0 Å². The van der Waals surface area contributed by atoms with E-state index in [1.807, 2.05) is 43.4 Å². The van der Waals surface area contributed by atoms with E-state index in [9.17, 15) is 4.79 Å². The zero-order chi connectivity index (χ0) is 16.7. The molecule has 1 aromatic carbocycles. The molecular weight excluding hydrogens is 286 g/mol. The first-order valence-corrected chi connectivity index (χ1v) is 8.21. The zero-order valence-electron chi connectivity index (χ0n) is 14.2. The van der Waals surface area contributed by atoms with Crippen molar-refractivity contribution >= 4 is 17.4 Å². The fourth-order valence-corrected chi connectivity index (χ4v) is 2.50. The number of carbonyl (C=O) groups excluding carboxylic acids is 1. The van der Waals surface area contributed by atoms with Gasteiger partial charge in [-0.2, -0.15) is 0 Å². The van der Waals surface area contributed by atoms with E-state index in [0.29, 0.717) is 5.56 Å². The molecule has 0 aliphatic heterocycles. The molecule has 2 rings (SSSR count). The lowest BCUT2D eigenvalue weighted by atomic mass is 10.2. The number of hydrogen-bond acceptors (Lipinski definition) is 3. The van der Waals surface area contributed by atoms with Crippen molar-refractivity contribution in [2.75, 3.05) is 25.0 Å². The van der Waals surface area contributed by atoms with Crippen molar-refractivity contribution in [3.8, 4) is 0 Å². The summed E-state index contributed by atoms with van der Waals surface area (Å²) in [7, 11) is 1.85. The molecule has 0 fully saturated rings. The summed E-state index contributed by atoms with van der Waals surface area (Å²) in [4.78, 5) is 20.9. The van der Waals surface area contributed by atoms with Crippen molar-refractivity contribution in [3.63, 3.8) is 0 Å². The molecule has 0 radical (unpaired) electrons. The summed E-state index contributed by atoms with van der Waals surface area (Å²) in [6.07, 6.45) is 3.81. The van der Waals surface area contributed by atoms with Crippen molar-refractivity contribution in [2.24, 2.45) is 0 Å². The van der Waals surface area contributed by atoms with Gasteiger partial charge in [0.25, 0.3) is 5.91 Å². The van der Waals surface area contributed by atoms with Crippen LogP contribution in [-0.4, -0.2) is 35.9 Å². The van der Waals surface area contributed by atoms with Gasteiger partial charge in [0.1, 0.15) is 5.82 Å². The van der Waals surface area contributed by atoms with Gasteiger partial charge in [0, 0.05) is 37.6 Å². The van der Waals surface area contributed by atoms with Gasteiger partial charge in [0.15, 0.2) is 0 Å². The Bertz CT molecular complexity index is 628. The first-order chi connectivity index (χ1) is 11.2. The average molecular weight is 311 g/mol. The smallest absolute Gasteiger partial charge is 0.253 e. The minimum atomic E-state index is 0.0474. The van der Waals surface area contributed by atoms with E-state index in [-0.39, 0.29) is 5.91 Å². The summed E-state index contributed by atoms with van der Waals surface area (Å²) in [5.41, 5.74) is 1.76. The summed E-state index contributed by atoms with van der Waals surface area (Å²) in [6, 6.07) is 13.8. The lowest BCUT2D eigenvalue weighted by Gasteiger charge is -2.23. The fourth-order valence-electron chi connectivity index (χ4n) is 2.50. The molecule has 23 heavy (non-hydrogen) atoms. The van der Waals surface area contributed by atoms with Crippen LogP contribution < -0.4 is 4.90 Å².